The van der Waals surface area contributed by atoms with Gasteiger partial charge in [0.05, 0.1) is 16.7 Å². The molecule has 0 saturated heterocycles. The number of fused-ring (bicyclic) bond motifs is 6. The first-order valence-electron chi connectivity index (χ1n) is 20.1. The predicted octanol–water partition coefficient (Wildman–Crippen LogP) is 12.4. The van der Waals surface area contributed by atoms with Crippen LogP contribution in [0.4, 0.5) is 0 Å². The standard InChI is InChI=1S/C54H39N5/c1-4-12-36(13-5-1)37-20-24-40(25-21-37)49-34-50(57-53(56-49)42-14-6-2-7-15-42)41-26-22-38(23-27-41)39-28-30-44(31-29-39)59-52-47-19-11-10-18-45(47)46-32-33-55-35-48(46)51(52)58-54(59)43-16-8-3-9-17-43/h1-34,53,55,57H,35H2. The maximum absolute atomic E-state index is 5.39. The van der Waals surface area contributed by atoms with E-state index in [1.54, 1.807) is 0 Å². The number of aliphatic imine (C=N–C) groups is 1. The molecular formula is C54H39N5. The summed E-state index contributed by atoms with van der Waals surface area (Å²) in [7, 11) is 0. The highest BCUT2D eigenvalue weighted by molar-refractivity contribution is 6.13. The van der Waals surface area contributed by atoms with Gasteiger partial charge in [-0.05, 0) is 80.4 Å². The van der Waals surface area contributed by atoms with Gasteiger partial charge in [0.25, 0.3) is 0 Å². The van der Waals surface area contributed by atoms with E-state index in [1.165, 1.54) is 33.0 Å². The summed E-state index contributed by atoms with van der Waals surface area (Å²) >= 11 is 0. The van der Waals surface area contributed by atoms with Crippen molar-refractivity contribution in [2.24, 2.45) is 4.99 Å². The molecule has 1 aromatic heterocycles. The van der Waals surface area contributed by atoms with Gasteiger partial charge in [-0.1, -0.05) is 176 Å². The van der Waals surface area contributed by atoms with Crippen LogP contribution >= 0.6 is 0 Å². The van der Waals surface area contributed by atoms with E-state index in [-0.39, 0.29) is 6.17 Å². The Morgan fingerprint density at radius 2 is 1.05 bits per heavy atom. The molecule has 1 unspecified atom stereocenters. The number of rotatable bonds is 7. The molecule has 5 heteroatoms. The normalized spacial score (nSPS) is 14.6. The minimum Gasteiger partial charge on any atom is -0.387 e. The van der Waals surface area contributed by atoms with Gasteiger partial charge in [0.1, 0.15) is 12.0 Å². The summed E-state index contributed by atoms with van der Waals surface area (Å²) in [4.78, 5) is 10.6. The van der Waals surface area contributed by atoms with Crippen molar-refractivity contribution in [1.82, 2.24) is 20.2 Å². The first-order chi connectivity index (χ1) is 29.2. The van der Waals surface area contributed by atoms with Crippen molar-refractivity contribution in [2.75, 3.05) is 0 Å². The second kappa shape index (κ2) is 14.6. The van der Waals surface area contributed by atoms with Gasteiger partial charge in [-0.2, -0.15) is 0 Å². The lowest BCUT2D eigenvalue weighted by Crippen LogP contribution is -2.24. The molecule has 1 atom stereocenters. The highest BCUT2D eigenvalue weighted by atomic mass is 15.1. The molecule has 3 heterocycles. The molecule has 2 aliphatic rings. The molecule has 2 aliphatic heterocycles. The third-order valence-corrected chi connectivity index (χ3v) is 11.5. The minimum absolute atomic E-state index is 0.206. The van der Waals surface area contributed by atoms with Gasteiger partial charge in [-0.3, -0.25) is 9.56 Å². The summed E-state index contributed by atoms with van der Waals surface area (Å²) in [5.74, 6) is 0.933. The number of allylic oxidation sites excluding steroid dienone is 1. The topological polar surface area (TPSA) is 54.2 Å². The number of nitrogens with zero attached hydrogens (tertiary/aromatic N) is 3. The van der Waals surface area contributed by atoms with Gasteiger partial charge in [-0.25, -0.2) is 4.98 Å². The summed E-state index contributed by atoms with van der Waals surface area (Å²) < 4.78 is 2.34. The summed E-state index contributed by atoms with van der Waals surface area (Å²) in [6.45, 7) is 0.739. The van der Waals surface area contributed by atoms with Crippen molar-refractivity contribution in [2.45, 2.75) is 12.7 Å². The third-order valence-electron chi connectivity index (χ3n) is 11.5. The van der Waals surface area contributed by atoms with Crippen LogP contribution in [0.15, 0.2) is 205 Å². The molecule has 0 spiro atoms. The van der Waals surface area contributed by atoms with Gasteiger partial charge >= 0.3 is 0 Å². The molecule has 11 rings (SSSR count). The molecule has 280 valence electrons. The molecule has 0 bridgehead atoms. The summed E-state index contributed by atoms with van der Waals surface area (Å²) in [5, 5.41) is 9.60. The van der Waals surface area contributed by atoms with Crippen LogP contribution in [0.5, 0.6) is 0 Å². The molecule has 2 N–H and O–H groups in total. The Labute approximate surface area is 343 Å². The summed E-state index contributed by atoms with van der Waals surface area (Å²) in [5.41, 5.74) is 16.8. The number of benzene rings is 8. The highest BCUT2D eigenvalue weighted by Gasteiger charge is 2.24. The molecule has 59 heavy (non-hydrogen) atoms. The molecule has 0 fully saturated rings. The highest BCUT2D eigenvalue weighted by Crippen LogP contribution is 2.39. The lowest BCUT2D eigenvalue weighted by atomic mass is 9.95. The fourth-order valence-corrected chi connectivity index (χ4v) is 8.56. The SMILES string of the molecule is C1=Cc2c(c3nc(-c4ccccc4)n(-c4ccc(-c5ccc(C6=CC(c7ccc(-c8ccccc8)cc7)=NC(c7ccccc7)N6)cc5)cc4)c3c3ccccc23)CN1. The van der Waals surface area contributed by atoms with E-state index in [0.717, 1.165) is 73.9 Å². The zero-order valence-corrected chi connectivity index (χ0v) is 32.3. The Hall–Kier alpha value is -7.76. The quantitative estimate of drug-likeness (QED) is 0.170. The van der Waals surface area contributed by atoms with Crippen LogP contribution in [0.1, 0.15) is 34.0 Å². The monoisotopic (exact) mass is 757 g/mol. The van der Waals surface area contributed by atoms with Crippen LogP contribution in [0.25, 0.3) is 72.9 Å². The molecule has 0 radical (unpaired) electrons. The molecule has 0 aliphatic carbocycles. The molecule has 8 aromatic carbocycles. The van der Waals surface area contributed by atoms with Crippen LogP contribution < -0.4 is 10.6 Å². The Morgan fingerprint density at radius 1 is 0.508 bits per heavy atom. The zero-order chi connectivity index (χ0) is 39.1. The minimum atomic E-state index is -0.206. The van der Waals surface area contributed by atoms with Gasteiger partial charge in [0.15, 0.2) is 0 Å². The van der Waals surface area contributed by atoms with Crippen molar-refractivity contribution in [3.8, 4) is 39.3 Å². The van der Waals surface area contributed by atoms with E-state index < -0.39 is 0 Å². The maximum Gasteiger partial charge on any atom is 0.145 e. The lowest BCUT2D eigenvalue weighted by Gasteiger charge is -2.25. The van der Waals surface area contributed by atoms with Crippen molar-refractivity contribution in [3.05, 3.63) is 228 Å². The van der Waals surface area contributed by atoms with Crippen LogP contribution in [-0.2, 0) is 6.54 Å². The van der Waals surface area contributed by atoms with E-state index in [0.29, 0.717) is 0 Å². The molecule has 0 saturated carbocycles. The summed E-state index contributed by atoms with van der Waals surface area (Å²) in [6.07, 6.45) is 6.19. The number of nitrogens with one attached hydrogen (secondary N) is 2. The first-order valence-corrected chi connectivity index (χ1v) is 20.1. The Morgan fingerprint density at radius 3 is 1.73 bits per heavy atom. The largest absolute Gasteiger partial charge is 0.387 e. The summed E-state index contributed by atoms with van der Waals surface area (Å²) in [6, 6.07) is 66.6. The van der Waals surface area contributed by atoms with Gasteiger partial charge < -0.3 is 10.6 Å². The van der Waals surface area contributed by atoms with Crippen LogP contribution in [0, 0.1) is 0 Å². The lowest BCUT2D eigenvalue weighted by molar-refractivity contribution is 0.664. The van der Waals surface area contributed by atoms with Crippen LogP contribution in [0.2, 0.25) is 0 Å². The number of hydrogen-bond acceptors (Lipinski definition) is 4. The maximum atomic E-state index is 5.39. The van der Waals surface area contributed by atoms with Crippen LogP contribution in [-0.4, -0.2) is 15.3 Å². The molecule has 9 aromatic rings. The Kier molecular flexibility index (Phi) is 8.55. The molecular weight excluding hydrogens is 719 g/mol. The van der Waals surface area contributed by atoms with Gasteiger partial charge in [-0.15, -0.1) is 0 Å². The van der Waals surface area contributed by atoms with E-state index in [4.69, 9.17) is 9.98 Å². The average Bonchev–Trinajstić information content (AvgIpc) is 3.74. The van der Waals surface area contributed by atoms with Crippen molar-refractivity contribution in [1.29, 1.82) is 0 Å². The Balaban J connectivity index is 0.943. The van der Waals surface area contributed by atoms with Gasteiger partial charge in [0.2, 0.25) is 0 Å². The number of imidazole rings is 1. The second-order valence-electron chi connectivity index (χ2n) is 15.1. The van der Waals surface area contributed by atoms with E-state index >= 15 is 0 Å². The van der Waals surface area contributed by atoms with Crippen molar-refractivity contribution in [3.63, 3.8) is 0 Å². The number of aromatic nitrogens is 2. The fourth-order valence-electron chi connectivity index (χ4n) is 8.56. The van der Waals surface area contributed by atoms with Crippen LogP contribution in [0.3, 0.4) is 0 Å². The predicted molar refractivity (Wildman–Crippen MR) is 244 cm³/mol. The Bertz CT molecular complexity index is 3070. The van der Waals surface area contributed by atoms with E-state index in [1.807, 2.05) is 12.3 Å². The average molecular weight is 758 g/mol. The second-order valence-corrected chi connectivity index (χ2v) is 15.1. The smallest absolute Gasteiger partial charge is 0.145 e. The van der Waals surface area contributed by atoms with Gasteiger partial charge in [0, 0.05) is 34.4 Å². The third kappa shape index (κ3) is 6.30. The molecule has 0 amide bonds. The fraction of sp³-hybridized carbons (Fsp3) is 0.0370. The van der Waals surface area contributed by atoms with Crippen molar-refractivity contribution < 1.29 is 0 Å². The first kappa shape index (κ1) is 34.5. The van der Waals surface area contributed by atoms with E-state index in [9.17, 15) is 0 Å². The molecule has 5 nitrogen and oxygen atoms in total. The van der Waals surface area contributed by atoms with Crippen molar-refractivity contribution >= 4 is 39.3 Å². The zero-order valence-electron chi connectivity index (χ0n) is 32.3. The number of hydrogen-bond donors (Lipinski definition) is 2. The van der Waals surface area contributed by atoms with E-state index in [2.05, 4.69) is 209 Å².